The van der Waals surface area contributed by atoms with E-state index in [9.17, 15) is 22.4 Å². The Morgan fingerprint density at radius 2 is 2.19 bits per heavy atom. The lowest BCUT2D eigenvalue weighted by molar-refractivity contribution is -0.141. The number of aromatic amines is 1. The summed E-state index contributed by atoms with van der Waals surface area (Å²) in [6.45, 7) is 0.00361. The second kappa shape index (κ2) is 8.91. The molecule has 190 valence electrons. The van der Waals surface area contributed by atoms with E-state index in [1.54, 1.807) is 18.2 Å². The molecule has 1 N–H and O–H groups in total. The fourth-order valence-electron chi connectivity index (χ4n) is 4.28. The molecule has 4 heterocycles. The van der Waals surface area contributed by atoms with Crippen LogP contribution in [-0.4, -0.2) is 79.0 Å². The number of carbonyl (C=O) groups excluding carboxylic acids is 1. The average Bonchev–Trinajstić information content (AvgIpc) is 3.39. The van der Waals surface area contributed by atoms with E-state index in [0.717, 1.165) is 9.58 Å². The van der Waals surface area contributed by atoms with Gasteiger partial charge in [-0.2, -0.15) is 4.98 Å². The SMILES string of the molecule is [2H]c1cc(-c2ccc3nnn(CC(F)F)c3c2)c2c(OC)nc(=N[C@@H]3CCN(C(C)=O)CC3(F)F)[nH]n12. The number of benzene rings is 1. The maximum absolute atomic E-state index is 14.7. The zero-order valence-corrected chi connectivity index (χ0v) is 19.3. The number of hydrogen-bond acceptors (Lipinski definition) is 6. The highest BCUT2D eigenvalue weighted by Gasteiger charge is 2.45. The van der Waals surface area contributed by atoms with Crippen LogP contribution in [-0.2, 0) is 11.3 Å². The number of methoxy groups -OCH3 is 1. The van der Waals surface area contributed by atoms with Crippen molar-refractivity contribution in [3.63, 3.8) is 0 Å². The molecule has 1 aliphatic heterocycles. The van der Waals surface area contributed by atoms with Crippen LogP contribution in [0.3, 0.4) is 0 Å². The Bertz CT molecular complexity index is 1560. The summed E-state index contributed by atoms with van der Waals surface area (Å²) in [5.74, 6) is -3.68. The monoisotopic (exact) mass is 507 g/mol. The number of H-pyrrole nitrogens is 1. The van der Waals surface area contributed by atoms with E-state index in [2.05, 4.69) is 25.4 Å². The topological polar surface area (TPSA) is 106 Å². The van der Waals surface area contributed by atoms with Crippen LogP contribution in [0, 0.1) is 0 Å². The molecule has 1 atom stereocenters. The molecule has 1 amide bonds. The molecule has 0 radical (unpaired) electrons. The predicted molar refractivity (Wildman–Crippen MR) is 120 cm³/mol. The van der Waals surface area contributed by atoms with E-state index in [1.165, 1.54) is 24.6 Å². The number of fused-ring (bicyclic) bond motifs is 2. The van der Waals surface area contributed by atoms with Crippen molar-refractivity contribution in [1.82, 2.24) is 34.5 Å². The summed E-state index contributed by atoms with van der Waals surface area (Å²) < 4.78 is 71.6. The third-order valence-electron chi connectivity index (χ3n) is 6.05. The second-order valence-corrected chi connectivity index (χ2v) is 8.43. The number of piperidine rings is 1. The summed E-state index contributed by atoms with van der Waals surface area (Å²) in [4.78, 5) is 20.9. The first-order valence-corrected chi connectivity index (χ1v) is 11.0. The van der Waals surface area contributed by atoms with Crippen molar-refractivity contribution in [2.24, 2.45) is 4.99 Å². The van der Waals surface area contributed by atoms with Gasteiger partial charge in [-0.25, -0.2) is 27.2 Å². The first-order chi connectivity index (χ1) is 17.6. The molecule has 0 aliphatic carbocycles. The molecular weight excluding hydrogens is 484 g/mol. The summed E-state index contributed by atoms with van der Waals surface area (Å²) in [5, 5.41) is 10.4. The van der Waals surface area contributed by atoms with Crippen molar-refractivity contribution >= 4 is 22.5 Å². The minimum Gasteiger partial charge on any atom is -0.479 e. The van der Waals surface area contributed by atoms with Crippen LogP contribution < -0.4 is 10.4 Å². The number of likely N-dealkylation sites (tertiary alicyclic amines) is 1. The van der Waals surface area contributed by atoms with Crippen molar-refractivity contribution in [2.45, 2.75) is 38.3 Å². The third kappa shape index (κ3) is 4.27. The van der Waals surface area contributed by atoms with Crippen molar-refractivity contribution in [3.05, 3.63) is 36.1 Å². The number of rotatable bonds is 5. The molecule has 1 saturated heterocycles. The molecule has 4 aromatic rings. The minimum atomic E-state index is -3.27. The number of alkyl halides is 4. The standard InChI is InChI=1S/C22H22F4N8O2/c1-12(35)32-7-6-17(22(25,26)11-32)27-21-28-20(36-2)19-14(5-8-33(19)30-21)13-3-4-15-16(9-13)34(31-29-15)10-18(23)24/h3-5,8-9,17-18H,6-7,10-11H2,1-2H3,(H,27,30)/t17-/m1/s1/i8D. The highest BCUT2D eigenvalue weighted by molar-refractivity contribution is 5.89. The van der Waals surface area contributed by atoms with Crippen LogP contribution >= 0.6 is 0 Å². The smallest absolute Gasteiger partial charge is 0.287 e. The number of ether oxygens (including phenoxy) is 1. The Balaban J connectivity index is 1.59. The van der Waals surface area contributed by atoms with E-state index in [4.69, 9.17) is 6.11 Å². The summed E-state index contributed by atoms with van der Waals surface area (Å²) in [5.41, 5.74) is 2.01. The number of nitrogens with one attached hydrogen (secondary N) is 1. The maximum Gasteiger partial charge on any atom is 0.287 e. The van der Waals surface area contributed by atoms with Crippen molar-refractivity contribution in [2.75, 3.05) is 20.2 Å². The molecular formula is C22H22F4N8O2. The maximum atomic E-state index is 14.7. The van der Waals surface area contributed by atoms with E-state index in [-0.39, 0.29) is 30.6 Å². The van der Waals surface area contributed by atoms with Gasteiger partial charge in [0, 0.05) is 25.2 Å². The van der Waals surface area contributed by atoms with Gasteiger partial charge >= 0.3 is 0 Å². The molecule has 14 heteroatoms. The highest BCUT2D eigenvalue weighted by Crippen LogP contribution is 2.32. The molecule has 1 aliphatic rings. The fraction of sp³-hybridized carbons (Fsp3) is 0.409. The van der Waals surface area contributed by atoms with Crippen LogP contribution in [0.25, 0.3) is 27.7 Å². The van der Waals surface area contributed by atoms with Gasteiger partial charge in [-0.1, -0.05) is 11.3 Å². The quantitative estimate of drug-likeness (QED) is 0.418. The van der Waals surface area contributed by atoms with Gasteiger partial charge in [0.15, 0.2) is 0 Å². The third-order valence-corrected chi connectivity index (χ3v) is 6.05. The van der Waals surface area contributed by atoms with Gasteiger partial charge in [-0.15, -0.1) is 5.10 Å². The first-order valence-electron chi connectivity index (χ1n) is 11.5. The van der Waals surface area contributed by atoms with E-state index in [0.29, 0.717) is 27.7 Å². The molecule has 36 heavy (non-hydrogen) atoms. The second-order valence-electron chi connectivity index (χ2n) is 8.43. The lowest BCUT2D eigenvalue weighted by Crippen LogP contribution is -2.52. The van der Waals surface area contributed by atoms with Crippen molar-refractivity contribution < 1.29 is 28.5 Å². The average molecular weight is 507 g/mol. The van der Waals surface area contributed by atoms with Gasteiger partial charge in [0.05, 0.1) is 20.5 Å². The normalized spacial score (nSPS) is 18.9. The fourth-order valence-corrected chi connectivity index (χ4v) is 4.28. The van der Waals surface area contributed by atoms with Crippen LogP contribution in [0.4, 0.5) is 17.6 Å². The largest absolute Gasteiger partial charge is 0.479 e. The van der Waals surface area contributed by atoms with Gasteiger partial charge in [0.1, 0.15) is 23.6 Å². The molecule has 1 aromatic carbocycles. The summed E-state index contributed by atoms with van der Waals surface area (Å²) in [7, 11) is 1.34. The van der Waals surface area contributed by atoms with E-state index in [1.807, 2.05) is 0 Å². The van der Waals surface area contributed by atoms with Gasteiger partial charge in [0.2, 0.25) is 17.4 Å². The van der Waals surface area contributed by atoms with Crippen LogP contribution in [0.2, 0.25) is 0 Å². The molecule has 0 spiro atoms. The Morgan fingerprint density at radius 1 is 1.39 bits per heavy atom. The van der Waals surface area contributed by atoms with Gasteiger partial charge in [-0.05, 0) is 30.2 Å². The van der Waals surface area contributed by atoms with Gasteiger partial charge in [-0.3, -0.25) is 14.4 Å². The molecule has 3 aromatic heterocycles. The number of aromatic nitrogens is 6. The number of nitrogens with zero attached hydrogens (tertiary/aromatic N) is 7. The lowest BCUT2D eigenvalue weighted by Gasteiger charge is -2.35. The summed E-state index contributed by atoms with van der Waals surface area (Å²) >= 11 is 0. The first kappa shape index (κ1) is 22.5. The minimum absolute atomic E-state index is 0.0230. The van der Waals surface area contributed by atoms with Crippen LogP contribution in [0.5, 0.6) is 5.88 Å². The highest BCUT2D eigenvalue weighted by atomic mass is 19.3. The number of hydrogen-bond donors (Lipinski definition) is 1. The lowest BCUT2D eigenvalue weighted by atomic mass is 10.0. The Kier molecular flexibility index (Phi) is 5.57. The molecule has 0 saturated carbocycles. The van der Waals surface area contributed by atoms with Crippen molar-refractivity contribution in [1.29, 1.82) is 0 Å². The molecule has 5 rings (SSSR count). The molecule has 0 bridgehead atoms. The Hall–Kier alpha value is -3.97. The van der Waals surface area contributed by atoms with Crippen molar-refractivity contribution in [3.8, 4) is 17.0 Å². The zero-order chi connectivity index (χ0) is 26.5. The number of carbonyl (C=O) groups is 1. The van der Waals surface area contributed by atoms with Gasteiger partial charge < -0.3 is 9.64 Å². The number of amides is 1. The summed E-state index contributed by atoms with van der Waals surface area (Å²) in [6, 6.07) is 5.01. The summed E-state index contributed by atoms with van der Waals surface area (Å²) in [6.07, 6.45) is -2.72. The van der Waals surface area contributed by atoms with E-state index >= 15 is 0 Å². The van der Waals surface area contributed by atoms with Crippen LogP contribution in [0.15, 0.2) is 35.4 Å². The molecule has 1 fully saturated rings. The van der Waals surface area contributed by atoms with Gasteiger partial charge in [0.25, 0.3) is 12.3 Å². The Labute approximate surface area is 202 Å². The predicted octanol–water partition coefficient (Wildman–Crippen LogP) is 2.50. The molecule has 0 unspecified atom stereocenters. The Morgan fingerprint density at radius 3 is 2.89 bits per heavy atom. The molecule has 10 nitrogen and oxygen atoms in total. The van der Waals surface area contributed by atoms with Crippen LogP contribution in [0.1, 0.15) is 14.7 Å². The van der Waals surface area contributed by atoms with E-state index < -0.39 is 37.4 Å². The zero-order valence-electron chi connectivity index (χ0n) is 20.3. The number of halogens is 4.